The molecule has 154 valence electrons. The van der Waals surface area contributed by atoms with Crippen molar-refractivity contribution >= 4 is 23.2 Å². The Bertz CT molecular complexity index is 977. The van der Waals surface area contributed by atoms with E-state index < -0.39 is 35.7 Å². The molecule has 0 spiro atoms. The van der Waals surface area contributed by atoms with Crippen molar-refractivity contribution < 1.29 is 19.4 Å². The third-order valence-electron chi connectivity index (χ3n) is 4.38. The van der Waals surface area contributed by atoms with Crippen LogP contribution in [0, 0.1) is 0 Å². The molecule has 2 heterocycles. The number of hydrogen-bond donors (Lipinski definition) is 5. The van der Waals surface area contributed by atoms with E-state index >= 15 is 0 Å². The molecule has 0 bridgehead atoms. The number of amides is 2. The molecule has 1 aliphatic heterocycles. The first kappa shape index (κ1) is 20.3. The quantitative estimate of drug-likeness (QED) is 0.398. The number of morpholine rings is 1. The maximum Gasteiger partial charge on any atom is 0.325 e. The zero-order valence-electron chi connectivity index (χ0n) is 15.4. The number of ether oxygens (including phenoxy) is 1. The van der Waals surface area contributed by atoms with E-state index in [4.69, 9.17) is 4.74 Å². The molecular weight excluding hydrogens is 382 g/mol. The lowest BCUT2D eigenvalue weighted by atomic mass is 10.2. The maximum atomic E-state index is 12.4. The first-order valence-corrected chi connectivity index (χ1v) is 8.95. The number of aliphatic hydroxyl groups excluding tert-OH is 1. The van der Waals surface area contributed by atoms with Gasteiger partial charge in [-0.05, 0) is 24.3 Å². The minimum absolute atomic E-state index is 0.384. The summed E-state index contributed by atoms with van der Waals surface area (Å²) in [6.45, 7) is 2.22. The van der Waals surface area contributed by atoms with E-state index in [1.165, 1.54) is 0 Å². The van der Waals surface area contributed by atoms with E-state index in [2.05, 4.69) is 20.5 Å². The second-order valence-corrected chi connectivity index (χ2v) is 6.33. The number of aromatic nitrogens is 2. The van der Waals surface area contributed by atoms with Crippen molar-refractivity contribution in [3.05, 3.63) is 56.9 Å². The average Bonchev–Trinajstić information content (AvgIpc) is 2.73. The van der Waals surface area contributed by atoms with Crippen molar-refractivity contribution in [1.82, 2.24) is 15.3 Å². The van der Waals surface area contributed by atoms with Gasteiger partial charge in [0.1, 0.15) is 11.6 Å². The summed E-state index contributed by atoms with van der Waals surface area (Å²) in [5, 5.41) is 14.3. The highest BCUT2D eigenvalue weighted by atomic mass is 16.5. The highest BCUT2D eigenvalue weighted by molar-refractivity contribution is 6.01. The van der Waals surface area contributed by atoms with Crippen LogP contribution in [0.2, 0.25) is 0 Å². The summed E-state index contributed by atoms with van der Waals surface area (Å²) in [5.74, 6) is -1.56. The van der Waals surface area contributed by atoms with Crippen molar-refractivity contribution in [3.63, 3.8) is 0 Å². The normalized spacial score (nSPS) is 14.9. The molecule has 5 N–H and O–H groups in total. The Morgan fingerprint density at radius 1 is 1.17 bits per heavy atom. The average molecular weight is 403 g/mol. The first-order valence-electron chi connectivity index (χ1n) is 8.95. The lowest BCUT2D eigenvalue weighted by Crippen LogP contribution is -2.47. The molecule has 1 unspecified atom stereocenters. The van der Waals surface area contributed by atoms with Crippen LogP contribution >= 0.6 is 0 Å². The number of rotatable bonds is 6. The number of aliphatic hydroxyl groups is 1. The van der Waals surface area contributed by atoms with E-state index in [1.807, 2.05) is 17.1 Å². The van der Waals surface area contributed by atoms with Crippen LogP contribution in [0.4, 0.5) is 11.4 Å². The highest BCUT2D eigenvalue weighted by Gasteiger charge is 2.22. The van der Waals surface area contributed by atoms with E-state index in [1.54, 1.807) is 12.1 Å². The number of nitrogens with zero attached hydrogens (tertiary/aromatic N) is 1. The third-order valence-corrected chi connectivity index (χ3v) is 4.38. The second-order valence-electron chi connectivity index (χ2n) is 6.33. The number of nitrogens with one attached hydrogen (secondary N) is 4. The van der Waals surface area contributed by atoms with Gasteiger partial charge in [-0.1, -0.05) is 0 Å². The molecule has 2 amide bonds. The van der Waals surface area contributed by atoms with Crippen LogP contribution < -0.4 is 26.8 Å². The van der Waals surface area contributed by atoms with E-state index in [9.17, 15) is 24.3 Å². The van der Waals surface area contributed by atoms with Gasteiger partial charge < -0.3 is 30.4 Å². The van der Waals surface area contributed by atoms with Gasteiger partial charge in [0.25, 0.3) is 11.5 Å². The fourth-order valence-electron chi connectivity index (χ4n) is 2.82. The van der Waals surface area contributed by atoms with Crippen molar-refractivity contribution in [1.29, 1.82) is 0 Å². The molecule has 29 heavy (non-hydrogen) atoms. The fraction of sp³-hybridized carbons (Fsp3) is 0.333. The van der Waals surface area contributed by atoms with Gasteiger partial charge in [0.15, 0.2) is 0 Å². The fourth-order valence-corrected chi connectivity index (χ4v) is 2.82. The molecule has 0 radical (unpaired) electrons. The number of carbonyl (C=O) groups excluding carboxylic acids is 2. The molecule has 0 aliphatic carbocycles. The zero-order valence-corrected chi connectivity index (χ0v) is 15.4. The number of benzene rings is 1. The summed E-state index contributed by atoms with van der Waals surface area (Å²) in [5.41, 5.74) is -0.562. The van der Waals surface area contributed by atoms with Gasteiger partial charge in [-0.3, -0.25) is 19.4 Å². The van der Waals surface area contributed by atoms with Gasteiger partial charge in [-0.2, -0.15) is 0 Å². The molecule has 1 atom stereocenters. The lowest BCUT2D eigenvalue weighted by molar-refractivity contribution is -0.118. The predicted octanol–water partition coefficient (Wildman–Crippen LogP) is -1.37. The predicted molar refractivity (Wildman–Crippen MR) is 104 cm³/mol. The summed E-state index contributed by atoms with van der Waals surface area (Å²) < 4.78 is 5.32. The van der Waals surface area contributed by atoms with E-state index in [-0.39, 0.29) is 5.56 Å². The van der Waals surface area contributed by atoms with Crippen LogP contribution in [0.1, 0.15) is 10.4 Å². The summed E-state index contributed by atoms with van der Waals surface area (Å²) in [6, 6.07) is 5.85. The minimum Gasteiger partial charge on any atom is -0.394 e. The van der Waals surface area contributed by atoms with Gasteiger partial charge in [0, 0.05) is 30.7 Å². The monoisotopic (exact) mass is 403 g/mol. The molecule has 1 aromatic heterocycles. The summed E-state index contributed by atoms with van der Waals surface area (Å²) in [6.07, 6.45) is 0.938. The van der Waals surface area contributed by atoms with Gasteiger partial charge in [0.05, 0.1) is 19.8 Å². The van der Waals surface area contributed by atoms with Crippen molar-refractivity contribution in [2.75, 3.05) is 43.1 Å². The van der Waals surface area contributed by atoms with Crippen molar-refractivity contribution in [2.24, 2.45) is 0 Å². The summed E-state index contributed by atoms with van der Waals surface area (Å²) in [4.78, 5) is 53.5. The Balaban J connectivity index is 1.62. The largest absolute Gasteiger partial charge is 0.394 e. The van der Waals surface area contributed by atoms with Crippen molar-refractivity contribution in [3.8, 4) is 0 Å². The topological polar surface area (TPSA) is 157 Å². The molecule has 1 saturated heterocycles. The molecule has 1 fully saturated rings. The molecule has 11 nitrogen and oxygen atoms in total. The Hall–Kier alpha value is -3.44. The molecule has 2 aromatic rings. The Morgan fingerprint density at radius 3 is 2.48 bits per heavy atom. The van der Waals surface area contributed by atoms with Crippen molar-refractivity contribution in [2.45, 2.75) is 6.04 Å². The lowest BCUT2D eigenvalue weighted by Gasteiger charge is -2.29. The van der Waals surface area contributed by atoms with Crippen LogP contribution in [0.15, 0.2) is 40.1 Å². The van der Waals surface area contributed by atoms with Crippen LogP contribution in [0.25, 0.3) is 0 Å². The van der Waals surface area contributed by atoms with Gasteiger partial charge in [0.2, 0.25) is 5.91 Å². The Kier molecular flexibility index (Phi) is 6.42. The van der Waals surface area contributed by atoms with Gasteiger partial charge in [-0.25, -0.2) is 4.79 Å². The smallest absolute Gasteiger partial charge is 0.325 e. The first-order chi connectivity index (χ1) is 14.0. The van der Waals surface area contributed by atoms with Crippen LogP contribution in [0.3, 0.4) is 0 Å². The molecule has 1 aromatic carbocycles. The Morgan fingerprint density at radius 2 is 1.86 bits per heavy atom. The number of H-pyrrole nitrogens is 2. The molecule has 11 heteroatoms. The summed E-state index contributed by atoms with van der Waals surface area (Å²) in [7, 11) is 0. The molecular formula is C18H21N5O6. The van der Waals surface area contributed by atoms with Gasteiger partial charge in [-0.15, -0.1) is 0 Å². The second kappa shape index (κ2) is 9.17. The third kappa shape index (κ3) is 5.09. The number of anilines is 2. The molecule has 0 saturated carbocycles. The van der Waals surface area contributed by atoms with Crippen LogP contribution in [0.5, 0.6) is 0 Å². The Labute approximate surface area is 164 Å². The van der Waals surface area contributed by atoms with Crippen LogP contribution in [-0.4, -0.2) is 65.8 Å². The standard InChI is InChI=1S/C18H21N5O6/c24-10-14(21-15(25)13-9-19-18(28)22-16(13)26)17(27)20-11-1-3-12(4-2-11)23-5-7-29-8-6-23/h1-4,9,14,24H,5-8,10H2,(H,20,27)(H,21,25)(H2,19,22,26,28). The minimum atomic E-state index is -1.28. The zero-order chi connectivity index (χ0) is 20.8. The van der Waals surface area contributed by atoms with E-state index in [0.29, 0.717) is 18.9 Å². The summed E-state index contributed by atoms with van der Waals surface area (Å²) >= 11 is 0. The number of carbonyl (C=O) groups is 2. The SMILES string of the molecule is O=C(NC(CO)C(=O)Nc1ccc(N2CCOCC2)cc1)c1c[nH]c(=O)[nH]c1=O. The number of aromatic amines is 2. The van der Waals surface area contributed by atoms with Gasteiger partial charge >= 0.3 is 5.69 Å². The maximum absolute atomic E-state index is 12.4. The number of hydrogen-bond acceptors (Lipinski definition) is 7. The highest BCUT2D eigenvalue weighted by Crippen LogP contribution is 2.19. The van der Waals surface area contributed by atoms with E-state index in [0.717, 1.165) is 25.0 Å². The molecule has 3 rings (SSSR count). The molecule has 1 aliphatic rings. The van der Waals surface area contributed by atoms with Crippen LogP contribution in [-0.2, 0) is 9.53 Å².